The Morgan fingerprint density at radius 2 is 2.05 bits per heavy atom. The highest BCUT2D eigenvalue weighted by Gasteiger charge is 2.11. The van der Waals surface area contributed by atoms with Crippen LogP contribution in [0.5, 0.6) is 5.88 Å². The van der Waals surface area contributed by atoms with E-state index in [2.05, 4.69) is 42.0 Å². The minimum absolute atomic E-state index is 0.449. The van der Waals surface area contributed by atoms with E-state index in [1.54, 1.807) is 0 Å². The highest BCUT2D eigenvalue weighted by Crippen LogP contribution is 2.35. The molecule has 0 aliphatic carbocycles. The van der Waals surface area contributed by atoms with Crippen LogP contribution < -0.4 is 10.5 Å². The zero-order valence-corrected chi connectivity index (χ0v) is 12.1. The number of aryl methyl sites for hydroxylation is 2. The molecule has 0 bridgehead atoms. The van der Waals surface area contributed by atoms with Crippen LogP contribution in [0.2, 0.25) is 0 Å². The monoisotopic (exact) mass is 275 g/mol. The van der Waals surface area contributed by atoms with Gasteiger partial charge in [0.25, 0.3) is 0 Å². The number of anilines is 1. The molecule has 1 aromatic carbocycles. The van der Waals surface area contributed by atoms with E-state index >= 15 is 0 Å². The second-order valence-corrected chi connectivity index (χ2v) is 5.23. The molecule has 19 heavy (non-hydrogen) atoms. The lowest BCUT2D eigenvalue weighted by Gasteiger charge is -2.10. The number of hydrogen-bond acceptors (Lipinski definition) is 5. The largest absolute Gasteiger partial charge is 0.476 e. The molecule has 0 aliphatic heterocycles. The summed E-state index contributed by atoms with van der Waals surface area (Å²) in [6.45, 7) is 6.59. The number of nitrogens with zero attached hydrogens (tertiary/aromatic N) is 2. The minimum Gasteiger partial charge on any atom is -0.476 e. The third-order valence-electron chi connectivity index (χ3n) is 2.63. The molecule has 1 heterocycles. The standard InChI is InChI=1S/C14H17N3OS/c1-4-18-13-12(15)14(17-8-16-13)19-11-6-5-9(2)7-10(11)3/h5-8H,4,15H2,1-3H3. The average Bonchev–Trinajstić information content (AvgIpc) is 2.37. The van der Waals surface area contributed by atoms with E-state index in [1.165, 1.54) is 29.2 Å². The van der Waals surface area contributed by atoms with Crippen LogP contribution >= 0.6 is 11.8 Å². The number of aromatic nitrogens is 2. The normalized spacial score (nSPS) is 10.5. The van der Waals surface area contributed by atoms with Gasteiger partial charge in [-0.1, -0.05) is 29.5 Å². The summed E-state index contributed by atoms with van der Waals surface area (Å²) >= 11 is 1.53. The van der Waals surface area contributed by atoms with Crippen LogP contribution in [0.3, 0.4) is 0 Å². The first-order chi connectivity index (χ1) is 9.11. The molecular formula is C14H17N3OS. The number of hydrogen-bond donors (Lipinski definition) is 1. The van der Waals surface area contributed by atoms with Crippen LogP contribution in [0, 0.1) is 13.8 Å². The number of nitrogen functional groups attached to an aromatic ring is 1. The molecule has 0 fully saturated rings. The first kappa shape index (κ1) is 13.7. The lowest BCUT2D eigenvalue weighted by atomic mass is 10.2. The third-order valence-corrected chi connectivity index (χ3v) is 3.83. The summed E-state index contributed by atoms with van der Waals surface area (Å²) in [6.07, 6.45) is 1.48. The highest BCUT2D eigenvalue weighted by atomic mass is 32.2. The highest BCUT2D eigenvalue weighted by molar-refractivity contribution is 7.99. The minimum atomic E-state index is 0.449. The molecule has 0 aliphatic rings. The predicted molar refractivity (Wildman–Crippen MR) is 77.7 cm³/mol. The summed E-state index contributed by atoms with van der Waals surface area (Å²) in [6, 6.07) is 6.30. The maximum atomic E-state index is 6.03. The predicted octanol–water partition coefficient (Wildman–Crippen LogP) is 3.23. The molecule has 0 atom stereocenters. The summed E-state index contributed by atoms with van der Waals surface area (Å²) in [5.41, 5.74) is 8.97. The van der Waals surface area contributed by atoms with Crippen molar-refractivity contribution in [3.8, 4) is 5.88 Å². The topological polar surface area (TPSA) is 61.0 Å². The molecule has 4 nitrogen and oxygen atoms in total. The molecule has 0 spiro atoms. The molecule has 100 valence electrons. The molecular weight excluding hydrogens is 258 g/mol. The van der Waals surface area contributed by atoms with E-state index in [-0.39, 0.29) is 0 Å². The maximum absolute atomic E-state index is 6.03. The van der Waals surface area contributed by atoms with Gasteiger partial charge in [0, 0.05) is 4.90 Å². The number of rotatable bonds is 4. The molecule has 0 saturated carbocycles. The zero-order chi connectivity index (χ0) is 13.8. The van der Waals surface area contributed by atoms with E-state index in [1.807, 2.05) is 6.92 Å². The van der Waals surface area contributed by atoms with Crippen LogP contribution in [0.25, 0.3) is 0 Å². The Morgan fingerprint density at radius 3 is 2.74 bits per heavy atom. The van der Waals surface area contributed by atoms with Crippen molar-refractivity contribution in [1.29, 1.82) is 0 Å². The van der Waals surface area contributed by atoms with Gasteiger partial charge in [0.05, 0.1) is 6.61 Å². The van der Waals surface area contributed by atoms with Crippen LogP contribution in [-0.2, 0) is 0 Å². The zero-order valence-electron chi connectivity index (χ0n) is 11.3. The van der Waals surface area contributed by atoms with Crippen molar-refractivity contribution in [1.82, 2.24) is 9.97 Å². The Bertz CT molecular complexity index is 587. The number of benzene rings is 1. The van der Waals surface area contributed by atoms with Gasteiger partial charge in [-0.15, -0.1) is 0 Å². The lowest BCUT2D eigenvalue weighted by Crippen LogP contribution is -2.02. The van der Waals surface area contributed by atoms with Crippen LogP contribution in [-0.4, -0.2) is 16.6 Å². The molecule has 0 amide bonds. The summed E-state index contributed by atoms with van der Waals surface area (Å²) < 4.78 is 5.37. The van der Waals surface area contributed by atoms with Crippen molar-refractivity contribution in [2.75, 3.05) is 12.3 Å². The molecule has 5 heteroatoms. The quantitative estimate of drug-likeness (QED) is 0.868. The fourth-order valence-electron chi connectivity index (χ4n) is 1.72. The Balaban J connectivity index is 2.30. The van der Waals surface area contributed by atoms with Gasteiger partial charge in [0.2, 0.25) is 5.88 Å². The molecule has 0 radical (unpaired) electrons. The van der Waals surface area contributed by atoms with Crippen molar-refractivity contribution in [2.45, 2.75) is 30.7 Å². The van der Waals surface area contributed by atoms with Crippen molar-refractivity contribution in [3.63, 3.8) is 0 Å². The first-order valence-electron chi connectivity index (χ1n) is 6.10. The molecule has 1 aromatic heterocycles. The Kier molecular flexibility index (Phi) is 4.27. The Hall–Kier alpha value is -1.75. The van der Waals surface area contributed by atoms with Gasteiger partial charge in [0.1, 0.15) is 17.0 Å². The lowest BCUT2D eigenvalue weighted by molar-refractivity contribution is 0.327. The molecule has 2 aromatic rings. The average molecular weight is 275 g/mol. The summed E-state index contributed by atoms with van der Waals surface area (Å²) in [5.74, 6) is 0.449. The van der Waals surface area contributed by atoms with Gasteiger partial charge in [-0.3, -0.25) is 0 Å². The Labute approximate surface area is 117 Å². The van der Waals surface area contributed by atoms with E-state index in [0.717, 1.165) is 9.92 Å². The molecule has 2 N–H and O–H groups in total. The summed E-state index contributed by atoms with van der Waals surface area (Å²) in [5, 5.41) is 0.727. The summed E-state index contributed by atoms with van der Waals surface area (Å²) in [7, 11) is 0. The molecule has 0 unspecified atom stereocenters. The smallest absolute Gasteiger partial charge is 0.241 e. The number of ether oxygens (including phenoxy) is 1. The van der Waals surface area contributed by atoms with Gasteiger partial charge in [-0.05, 0) is 32.4 Å². The Morgan fingerprint density at radius 1 is 1.26 bits per heavy atom. The van der Waals surface area contributed by atoms with Gasteiger partial charge in [0.15, 0.2) is 0 Å². The van der Waals surface area contributed by atoms with Crippen LogP contribution in [0.1, 0.15) is 18.1 Å². The molecule has 0 saturated heterocycles. The second-order valence-electron chi connectivity index (χ2n) is 4.20. The van der Waals surface area contributed by atoms with E-state index < -0.39 is 0 Å². The van der Waals surface area contributed by atoms with Crippen molar-refractivity contribution >= 4 is 17.4 Å². The second kappa shape index (κ2) is 5.93. The van der Waals surface area contributed by atoms with Crippen molar-refractivity contribution in [2.24, 2.45) is 0 Å². The summed E-state index contributed by atoms with van der Waals surface area (Å²) in [4.78, 5) is 9.40. The third kappa shape index (κ3) is 3.17. The number of nitrogens with two attached hydrogens (primary N) is 1. The van der Waals surface area contributed by atoms with Gasteiger partial charge >= 0.3 is 0 Å². The SMILES string of the molecule is CCOc1ncnc(Sc2ccc(C)cc2C)c1N. The van der Waals surface area contributed by atoms with E-state index in [0.29, 0.717) is 18.2 Å². The maximum Gasteiger partial charge on any atom is 0.241 e. The van der Waals surface area contributed by atoms with Crippen LogP contribution in [0.4, 0.5) is 5.69 Å². The van der Waals surface area contributed by atoms with E-state index in [9.17, 15) is 0 Å². The fourth-order valence-corrected chi connectivity index (χ4v) is 2.58. The van der Waals surface area contributed by atoms with Gasteiger partial charge in [-0.2, -0.15) is 4.98 Å². The fraction of sp³-hybridized carbons (Fsp3) is 0.286. The van der Waals surface area contributed by atoms with Gasteiger partial charge < -0.3 is 10.5 Å². The first-order valence-corrected chi connectivity index (χ1v) is 6.91. The van der Waals surface area contributed by atoms with Gasteiger partial charge in [-0.25, -0.2) is 4.98 Å². The molecule has 2 rings (SSSR count). The van der Waals surface area contributed by atoms with E-state index in [4.69, 9.17) is 10.5 Å². The van der Waals surface area contributed by atoms with Crippen molar-refractivity contribution < 1.29 is 4.74 Å². The van der Waals surface area contributed by atoms with Crippen molar-refractivity contribution in [3.05, 3.63) is 35.7 Å². The van der Waals surface area contributed by atoms with Crippen LogP contribution in [0.15, 0.2) is 34.4 Å².